The number of benzene rings is 3. The van der Waals surface area contributed by atoms with Gasteiger partial charge < -0.3 is 15.2 Å². The van der Waals surface area contributed by atoms with Gasteiger partial charge in [-0.2, -0.15) is 0 Å². The van der Waals surface area contributed by atoms with Crippen molar-refractivity contribution in [1.82, 2.24) is 14.5 Å². The quantitative estimate of drug-likeness (QED) is 0.398. The van der Waals surface area contributed by atoms with E-state index in [0.717, 1.165) is 29.6 Å². The van der Waals surface area contributed by atoms with Crippen LogP contribution in [0.2, 0.25) is 10.0 Å². The number of nitrogens with zero attached hydrogens (tertiary/aromatic N) is 2. The smallest absolute Gasteiger partial charge is 0.307 e. The van der Waals surface area contributed by atoms with Gasteiger partial charge in [0.05, 0.1) is 21.1 Å². The molecule has 0 aliphatic heterocycles. The Balaban J connectivity index is 1.40. The monoisotopic (exact) mass is 468 g/mol. The number of hydrogen-bond donors (Lipinski definition) is 2. The Morgan fingerprint density at radius 3 is 2.41 bits per heavy atom. The van der Waals surface area contributed by atoms with Gasteiger partial charge in [0.25, 0.3) is 0 Å². The molecule has 0 unspecified atom stereocenters. The van der Waals surface area contributed by atoms with Crippen molar-refractivity contribution in [2.45, 2.75) is 13.0 Å². The standard InChI is InChI=1S/C24H22Cl2N4O2/c1-29(12-11-16-5-3-2-4-6-16)15-17-7-9-18(10-8-17)27-23(31)30-22-14-20(26)19(25)13-21(22)28-24(30)32/h2-10,13-14H,11-12,15H2,1H3,(H,27,31)(H,28,32). The van der Waals surface area contributed by atoms with Crippen LogP contribution < -0.4 is 11.0 Å². The zero-order chi connectivity index (χ0) is 22.7. The molecule has 3 aromatic carbocycles. The summed E-state index contributed by atoms with van der Waals surface area (Å²) >= 11 is 12.0. The van der Waals surface area contributed by atoms with E-state index < -0.39 is 11.7 Å². The maximum Gasteiger partial charge on any atom is 0.334 e. The van der Waals surface area contributed by atoms with Crippen LogP contribution in [0.5, 0.6) is 0 Å². The third-order valence-corrected chi connectivity index (χ3v) is 5.93. The molecule has 6 nitrogen and oxygen atoms in total. The van der Waals surface area contributed by atoms with Gasteiger partial charge in [-0.3, -0.25) is 0 Å². The molecule has 0 saturated carbocycles. The number of likely N-dealkylation sites (N-methyl/N-ethyl adjacent to an activating group) is 1. The number of anilines is 1. The molecule has 2 N–H and O–H groups in total. The van der Waals surface area contributed by atoms with Crippen LogP contribution in [-0.2, 0) is 13.0 Å². The van der Waals surface area contributed by atoms with Crippen molar-refractivity contribution in [3.05, 3.63) is 98.4 Å². The largest absolute Gasteiger partial charge is 0.334 e. The lowest BCUT2D eigenvalue weighted by molar-refractivity contribution is 0.253. The van der Waals surface area contributed by atoms with E-state index in [1.165, 1.54) is 17.7 Å². The van der Waals surface area contributed by atoms with Gasteiger partial charge in [0, 0.05) is 18.8 Å². The molecule has 0 atom stereocenters. The highest BCUT2D eigenvalue weighted by Crippen LogP contribution is 2.26. The first-order valence-corrected chi connectivity index (χ1v) is 10.9. The summed E-state index contributed by atoms with van der Waals surface area (Å²) in [6.07, 6.45) is 0.986. The van der Waals surface area contributed by atoms with Crippen LogP contribution in [-0.4, -0.2) is 34.1 Å². The van der Waals surface area contributed by atoms with E-state index in [9.17, 15) is 9.59 Å². The minimum atomic E-state index is -0.577. The minimum absolute atomic E-state index is 0.264. The van der Waals surface area contributed by atoms with Crippen LogP contribution in [0.1, 0.15) is 11.1 Å². The number of hydrogen-bond acceptors (Lipinski definition) is 3. The predicted molar refractivity (Wildman–Crippen MR) is 130 cm³/mol. The van der Waals surface area contributed by atoms with E-state index in [1.54, 1.807) is 0 Å². The Morgan fingerprint density at radius 1 is 1.00 bits per heavy atom. The molecule has 4 aromatic rings. The van der Waals surface area contributed by atoms with Crippen molar-refractivity contribution in [2.24, 2.45) is 0 Å². The fourth-order valence-corrected chi connectivity index (χ4v) is 3.85. The molecule has 0 aliphatic carbocycles. The molecule has 32 heavy (non-hydrogen) atoms. The number of rotatable bonds is 6. The number of halogens is 2. The van der Waals surface area contributed by atoms with E-state index >= 15 is 0 Å². The molecule has 8 heteroatoms. The lowest BCUT2D eigenvalue weighted by atomic mass is 10.1. The summed E-state index contributed by atoms with van der Waals surface area (Å²) < 4.78 is 1.00. The Kier molecular flexibility index (Phi) is 6.65. The Bertz CT molecular complexity index is 1300. The van der Waals surface area contributed by atoms with Crippen molar-refractivity contribution >= 4 is 46.0 Å². The van der Waals surface area contributed by atoms with Crippen molar-refractivity contribution in [3.8, 4) is 0 Å². The van der Waals surface area contributed by atoms with Crippen LogP contribution in [0.25, 0.3) is 11.0 Å². The fraction of sp³-hybridized carbons (Fsp3) is 0.167. The van der Waals surface area contributed by atoms with Crippen LogP contribution in [0.4, 0.5) is 10.5 Å². The lowest BCUT2D eigenvalue weighted by Crippen LogP contribution is -2.29. The highest BCUT2D eigenvalue weighted by atomic mass is 35.5. The zero-order valence-corrected chi connectivity index (χ0v) is 19.0. The second-order valence-electron chi connectivity index (χ2n) is 7.65. The third kappa shape index (κ3) is 5.05. The van der Waals surface area contributed by atoms with E-state index in [0.29, 0.717) is 21.7 Å². The molecular weight excluding hydrogens is 447 g/mol. The number of aromatic nitrogens is 2. The second-order valence-corrected chi connectivity index (χ2v) is 8.46. The first-order valence-electron chi connectivity index (χ1n) is 10.1. The Labute approximate surface area is 195 Å². The van der Waals surface area contributed by atoms with Crippen LogP contribution >= 0.6 is 23.2 Å². The first kappa shape index (κ1) is 22.1. The zero-order valence-electron chi connectivity index (χ0n) is 17.4. The molecule has 1 heterocycles. The SMILES string of the molecule is CN(CCc1ccccc1)Cc1ccc(NC(=O)n2c(=O)[nH]c3cc(Cl)c(Cl)cc32)cc1. The molecular formula is C24H22Cl2N4O2. The second kappa shape index (κ2) is 9.61. The van der Waals surface area contributed by atoms with Crippen molar-refractivity contribution < 1.29 is 4.79 Å². The molecule has 164 valence electrons. The third-order valence-electron chi connectivity index (χ3n) is 5.21. The van der Waals surface area contributed by atoms with E-state index in [4.69, 9.17) is 23.2 Å². The first-order chi connectivity index (χ1) is 15.4. The Morgan fingerprint density at radius 2 is 1.69 bits per heavy atom. The highest BCUT2D eigenvalue weighted by Gasteiger charge is 2.16. The molecule has 4 rings (SSSR count). The average molecular weight is 469 g/mol. The van der Waals surface area contributed by atoms with Gasteiger partial charge in [-0.1, -0.05) is 65.7 Å². The summed E-state index contributed by atoms with van der Waals surface area (Å²) in [6, 6.07) is 20.4. The summed E-state index contributed by atoms with van der Waals surface area (Å²) in [5, 5.41) is 3.32. The van der Waals surface area contributed by atoms with Crippen molar-refractivity contribution in [2.75, 3.05) is 18.9 Å². The van der Waals surface area contributed by atoms with Gasteiger partial charge in [-0.25, -0.2) is 14.2 Å². The van der Waals surface area contributed by atoms with Crippen LogP contribution in [0.15, 0.2) is 71.5 Å². The summed E-state index contributed by atoms with van der Waals surface area (Å²) in [4.78, 5) is 29.9. The molecule has 1 aromatic heterocycles. The summed E-state index contributed by atoms with van der Waals surface area (Å²) in [6.45, 7) is 1.74. The van der Waals surface area contributed by atoms with Gasteiger partial charge in [-0.05, 0) is 48.9 Å². The Hall–Kier alpha value is -3.06. The molecule has 0 bridgehead atoms. The number of imidazole rings is 1. The predicted octanol–water partition coefficient (Wildman–Crippen LogP) is 5.39. The number of nitrogens with one attached hydrogen (secondary N) is 2. The molecule has 0 fully saturated rings. The average Bonchev–Trinajstić information content (AvgIpc) is 3.09. The van der Waals surface area contributed by atoms with Gasteiger partial charge in [0.1, 0.15) is 0 Å². The van der Waals surface area contributed by atoms with Gasteiger partial charge in [-0.15, -0.1) is 0 Å². The van der Waals surface area contributed by atoms with Crippen molar-refractivity contribution in [3.63, 3.8) is 0 Å². The minimum Gasteiger partial charge on any atom is -0.307 e. The van der Waals surface area contributed by atoms with Gasteiger partial charge >= 0.3 is 11.7 Å². The number of carbonyl (C=O) groups excluding carboxylic acids is 1. The maximum absolute atomic E-state index is 12.7. The van der Waals surface area contributed by atoms with Crippen LogP contribution in [0, 0.1) is 0 Å². The van der Waals surface area contributed by atoms with E-state index in [1.807, 2.05) is 30.3 Å². The van der Waals surface area contributed by atoms with E-state index in [-0.39, 0.29) is 5.02 Å². The van der Waals surface area contributed by atoms with E-state index in [2.05, 4.69) is 46.5 Å². The number of H-pyrrole nitrogens is 1. The maximum atomic E-state index is 12.7. The summed E-state index contributed by atoms with van der Waals surface area (Å²) in [5.41, 5.74) is 3.27. The summed E-state index contributed by atoms with van der Waals surface area (Å²) in [5.74, 6) is 0. The summed E-state index contributed by atoms with van der Waals surface area (Å²) in [7, 11) is 2.08. The number of fused-ring (bicyclic) bond motifs is 1. The molecule has 0 aliphatic rings. The molecule has 1 amide bonds. The fourth-order valence-electron chi connectivity index (χ4n) is 3.53. The number of aromatic amines is 1. The highest BCUT2D eigenvalue weighted by molar-refractivity contribution is 6.42. The molecule has 0 spiro atoms. The van der Waals surface area contributed by atoms with Crippen LogP contribution in [0.3, 0.4) is 0 Å². The molecule has 0 saturated heterocycles. The lowest BCUT2D eigenvalue weighted by Gasteiger charge is -2.17. The van der Waals surface area contributed by atoms with Crippen molar-refractivity contribution in [1.29, 1.82) is 0 Å². The number of amides is 1. The number of carbonyl (C=O) groups is 1. The topological polar surface area (TPSA) is 70.1 Å². The van der Waals surface area contributed by atoms with Gasteiger partial charge in [0.15, 0.2) is 0 Å². The van der Waals surface area contributed by atoms with Gasteiger partial charge in [0.2, 0.25) is 0 Å². The molecule has 0 radical (unpaired) electrons. The normalized spacial score (nSPS) is 11.2.